The highest BCUT2D eigenvalue weighted by Gasteiger charge is 2.33. The summed E-state index contributed by atoms with van der Waals surface area (Å²) in [5, 5.41) is 7.38. The van der Waals surface area contributed by atoms with Crippen LogP contribution in [0.3, 0.4) is 0 Å². The molecule has 1 saturated heterocycles. The Kier molecular flexibility index (Phi) is 8.81. The summed E-state index contributed by atoms with van der Waals surface area (Å²) in [6.45, 7) is 2.10. The fourth-order valence-corrected chi connectivity index (χ4v) is 4.86. The second kappa shape index (κ2) is 12.4. The van der Waals surface area contributed by atoms with Gasteiger partial charge in [0.2, 0.25) is 11.8 Å². The topological polar surface area (TPSA) is 105 Å². The Morgan fingerprint density at radius 2 is 1.84 bits per heavy atom. The fraction of sp³-hybridized carbons (Fsp3) is 0.286. The van der Waals surface area contributed by atoms with Gasteiger partial charge in [-0.3, -0.25) is 24.1 Å². The standard InChI is InChI=1S/C28H29N3O5S/c1-19(32)21-10-5-11-22(16-21)31(25(33)18-30-27(34)24-13-7-15-37-24)26(20-8-3-2-4-9-20)28(35)29-17-23-12-6-14-36-23/h2-5,7-11,13,15-16,23,26H,6,12,14,17-18H2,1H3,(H,29,35)(H,30,34)/t23-,26-/m1/s1. The van der Waals surface area contributed by atoms with Crippen LogP contribution >= 0.6 is 11.3 Å². The Morgan fingerprint density at radius 3 is 2.51 bits per heavy atom. The molecule has 0 aliphatic carbocycles. The number of rotatable bonds is 10. The van der Waals surface area contributed by atoms with Gasteiger partial charge in [-0.05, 0) is 48.9 Å². The average molecular weight is 520 g/mol. The van der Waals surface area contributed by atoms with E-state index in [0.717, 1.165) is 12.8 Å². The molecule has 0 unspecified atom stereocenters. The van der Waals surface area contributed by atoms with Crippen LogP contribution in [0.25, 0.3) is 0 Å². The normalized spacial score (nSPS) is 15.5. The van der Waals surface area contributed by atoms with E-state index >= 15 is 0 Å². The highest BCUT2D eigenvalue weighted by Crippen LogP contribution is 2.29. The van der Waals surface area contributed by atoms with Crippen molar-refractivity contribution in [3.05, 3.63) is 88.1 Å². The summed E-state index contributed by atoms with van der Waals surface area (Å²) in [5.41, 5.74) is 1.38. The fourth-order valence-electron chi connectivity index (χ4n) is 4.22. The van der Waals surface area contributed by atoms with Crippen LogP contribution in [0.15, 0.2) is 72.1 Å². The number of thiophene rings is 1. The molecule has 0 spiro atoms. The highest BCUT2D eigenvalue weighted by atomic mass is 32.1. The van der Waals surface area contributed by atoms with Crippen LogP contribution < -0.4 is 15.5 Å². The van der Waals surface area contributed by atoms with Crippen LogP contribution in [0, 0.1) is 0 Å². The van der Waals surface area contributed by atoms with Crippen LogP contribution in [0.2, 0.25) is 0 Å². The van der Waals surface area contributed by atoms with Crippen molar-refractivity contribution in [2.45, 2.75) is 31.9 Å². The van der Waals surface area contributed by atoms with E-state index in [1.807, 2.05) is 6.07 Å². The van der Waals surface area contributed by atoms with E-state index in [2.05, 4.69) is 10.6 Å². The Morgan fingerprint density at radius 1 is 1.03 bits per heavy atom. The molecule has 1 aromatic heterocycles. The van der Waals surface area contributed by atoms with Gasteiger partial charge in [-0.2, -0.15) is 0 Å². The number of anilines is 1. The molecular weight excluding hydrogens is 490 g/mol. The quantitative estimate of drug-likeness (QED) is 0.397. The predicted octanol–water partition coefficient (Wildman–Crippen LogP) is 3.75. The van der Waals surface area contributed by atoms with E-state index in [-0.39, 0.29) is 30.2 Å². The van der Waals surface area contributed by atoms with Crippen LogP contribution in [0.4, 0.5) is 5.69 Å². The third-order valence-corrected chi connectivity index (χ3v) is 6.96. The monoisotopic (exact) mass is 519 g/mol. The van der Waals surface area contributed by atoms with E-state index in [4.69, 9.17) is 4.74 Å². The minimum atomic E-state index is -1.03. The maximum Gasteiger partial charge on any atom is 0.261 e. The van der Waals surface area contributed by atoms with E-state index in [1.54, 1.807) is 66.0 Å². The average Bonchev–Trinajstić information content (AvgIpc) is 3.64. The minimum absolute atomic E-state index is 0.0735. The zero-order valence-corrected chi connectivity index (χ0v) is 21.3. The Labute approximate surface area is 219 Å². The largest absolute Gasteiger partial charge is 0.376 e. The summed E-state index contributed by atoms with van der Waals surface area (Å²) in [6, 6.07) is 17.9. The zero-order valence-electron chi connectivity index (χ0n) is 20.5. The first kappa shape index (κ1) is 26.2. The van der Waals surface area contributed by atoms with Crippen molar-refractivity contribution in [3.8, 4) is 0 Å². The first-order chi connectivity index (χ1) is 17.9. The lowest BCUT2D eigenvalue weighted by molar-refractivity contribution is -0.126. The smallest absolute Gasteiger partial charge is 0.261 e. The number of Topliss-reactive ketones (excluding diaryl/α,β-unsaturated/α-hetero) is 1. The third kappa shape index (κ3) is 6.69. The summed E-state index contributed by atoms with van der Waals surface area (Å²) in [5.74, 6) is -1.42. The van der Waals surface area contributed by atoms with Gasteiger partial charge < -0.3 is 15.4 Å². The second-order valence-corrected chi connectivity index (χ2v) is 9.67. The third-order valence-electron chi connectivity index (χ3n) is 6.09. The predicted molar refractivity (Wildman–Crippen MR) is 142 cm³/mol. The summed E-state index contributed by atoms with van der Waals surface area (Å²) in [4.78, 5) is 53.8. The molecule has 0 saturated carbocycles. The van der Waals surface area contributed by atoms with Gasteiger partial charge in [-0.1, -0.05) is 48.5 Å². The molecule has 2 atom stereocenters. The molecule has 2 aromatic carbocycles. The SMILES string of the molecule is CC(=O)c1cccc(N(C(=O)CNC(=O)c2cccs2)[C@@H](C(=O)NC[C@H]2CCCO2)c2ccccc2)c1. The lowest BCUT2D eigenvalue weighted by atomic mass is 10.0. The molecule has 0 bridgehead atoms. The molecule has 192 valence electrons. The summed E-state index contributed by atoms with van der Waals surface area (Å²) in [7, 11) is 0. The molecule has 2 heterocycles. The van der Waals surface area contributed by atoms with Crippen molar-refractivity contribution in [3.63, 3.8) is 0 Å². The lowest BCUT2D eigenvalue weighted by Gasteiger charge is -2.32. The van der Waals surface area contributed by atoms with Crippen LogP contribution in [-0.4, -0.2) is 49.3 Å². The Balaban J connectivity index is 1.67. The molecule has 2 N–H and O–H groups in total. The van der Waals surface area contributed by atoms with Crippen LogP contribution in [-0.2, 0) is 14.3 Å². The Hall–Kier alpha value is -3.82. The summed E-state index contributed by atoms with van der Waals surface area (Å²) in [6.07, 6.45) is 1.72. The van der Waals surface area contributed by atoms with Gasteiger partial charge in [0.25, 0.3) is 5.91 Å². The molecule has 1 aliphatic rings. The molecule has 9 heteroatoms. The van der Waals surface area contributed by atoms with Crippen molar-refractivity contribution >= 4 is 40.5 Å². The van der Waals surface area contributed by atoms with Gasteiger partial charge in [0.05, 0.1) is 17.5 Å². The van der Waals surface area contributed by atoms with E-state index in [0.29, 0.717) is 34.8 Å². The van der Waals surface area contributed by atoms with Crippen molar-refractivity contribution in [1.82, 2.24) is 10.6 Å². The van der Waals surface area contributed by atoms with Crippen molar-refractivity contribution in [1.29, 1.82) is 0 Å². The van der Waals surface area contributed by atoms with Crippen molar-refractivity contribution in [2.24, 2.45) is 0 Å². The summed E-state index contributed by atoms with van der Waals surface area (Å²) < 4.78 is 5.64. The lowest BCUT2D eigenvalue weighted by Crippen LogP contribution is -2.48. The maximum absolute atomic E-state index is 13.7. The number of ketones is 1. The van der Waals surface area contributed by atoms with Crippen molar-refractivity contribution in [2.75, 3.05) is 24.6 Å². The first-order valence-electron chi connectivity index (χ1n) is 12.1. The number of amides is 3. The van der Waals surface area contributed by atoms with Crippen LogP contribution in [0.1, 0.15) is 51.4 Å². The molecule has 8 nitrogen and oxygen atoms in total. The number of hydrogen-bond acceptors (Lipinski definition) is 6. The number of carbonyl (C=O) groups is 4. The second-order valence-electron chi connectivity index (χ2n) is 8.72. The number of carbonyl (C=O) groups excluding carboxylic acids is 4. The number of benzene rings is 2. The molecule has 4 rings (SSSR count). The molecule has 3 aromatic rings. The number of hydrogen-bond donors (Lipinski definition) is 2. The van der Waals surface area contributed by atoms with Crippen molar-refractivity contribution < 1.29 is 23.9 Å². The summed E-state index contributed by atoms with van der Waals surface area (Å²) >= 11 is 1.27. The number of nitrogens with one attached hydrogen (secondary N) is 2. The Bertz CT molecular complexity index is 1240. The van der Waals surface area contributed by atoms with E-state index in [9.17, 15) is 19.2 Å². The first-order valence-corrected chi connectivity index (χ1v) is 13.0. The van der Waals surface area contributed by atoms with Gasteiger partial charge >= 0.3 is 0 Å². The molecule has 1 aliphatic heterocycles. The molecule has 37 heavy (non-hydrogen) atoms. The van der Waals surface area contributed by atoms with Gasteiger partial charge in [-0.25, -0.2) is 0 Å². The van der Waals surface area contributed by atoms with Gasteiger partial charge in [-0.15, -0.1) is 11.3 Å². The molecule has 1 fully saturated rings. The van der Waals surface area contributed by atoms with Gasteiger partial charge in [0, 0.05) is 24.4 Å². The maximum atomic E-state index is 13.7. The minimum Gasteiger partial charge on any atom is -0.376 e. The van der Waals surface area contributed by atoms with Gasteiger partial charge in [0.15, 0.2) is 5.78 Å². The van der Waals surface area contributed by atoms with Gasteiger partial charge in [0.1, 0.15) is 6.04 Å². The van der Waals surface area contributed by atoms with E-state index < -0.39 is 11.9 Å². The number of ether oxygens (including phenoxy) is 1. The highest BCUT2D eigenvalue weighted by molar-refractivity contribution is 7.12. The molecular formula is C28H29N3O5S. The number of nitrogens with zero attached hydrogens (tertiary/aromatic N) is 1. The molecule has 3 amide bonds. The zero-order chi connectivity index (χ0) is 26.2. The molecule has 0 radical (unpaired) electrons. The van der Waals surface area contributed by atoms with Crippen LogP contribution in [0.5, 0.6) is 0 Å². The van der Waals surface area contributed by atoms with E-state index in [1.165, 1.54) is 23.2 Å².